The standard InChI is InChI=1S/C18H24N2O5/c1-9(7-12-5-4-6-19(12)11(3)22)13-8-14-15(10(2)21)17(23)20(14)16(13)18(24)25/h7,10,12,14-15,21H,4-6,8H2,1-3H3,(H,24,25)/t10-,12+,14-,15-/m1/s1. The quantitative estimate of drug-likeness (QED) is 0.736. The van der Waals surface area contributed by atoms with E-state index >= 15 is 0 Å². The van der Waals surface area contributed by atoms with Crippen molar-refractivity contribution in [2.24, 2.45) is 5.92 Å². The lowest BCUT2D eigenvalue weighted by Gasteiger charge is -2.44. The Labute approximate surface area is 146 Å². The molecule has 0 aromatic heterocycles. The fourth-order valence-electron chi connectivity index (χ4n) is 4.37. The zero-order chi connectivity index (χ0) is 18.5. The van der Waals surface area contributed by atoms with E-state index in [2.05, 4.69) is 0 Å². The molecule has 136 valence electrons. The molecular weight excluding hydrogens is 324 g/mol. The Kier molecular flexibility index (Phi) is 4.45. The smallest absolute Gasteiger partial charge is 0.352 e. The molecule has 0 bridgehead atoms. The number of hydrogen-bond donors (Lipinski definition) is 2. The molecule has 2 amide bonds. The second kappa shape index (κ2) is 6.29. The zero-order valence-corrected chi connectivity index (χ0v) is 14.7. The molecule has 3 rings (SSSR count). The Bertz CT molecular complexity index is 694. The molecule has 0 spiro atoms. The van der Waals surface area contributed by atoms with Crippen molar-refractivity contribution in [3.05, 3.63) is 22.9 Å². The molecule has 0 unspecified atom stereocenters. The number of rotatable bonds is 4. The van der Waals surface area contributed by atoms with Gasteiger partial charge in [0.25, 0.3) is 0 Å². The van der Waals surface area contributed by atoms with Gasteiger partial charge < -0.3 is 20.0 Å². The van der Waals surface area contributed by atoms with Crippen LogP contribution >= 0.6 is 0 Å². The maximum Gasteiger partial charge on any atom is 0.352 e. The zero-order valence-electron chi connectivity index (χ0n) is 14.7. The number of nitrogens with zero attached hydrogens (tertiary/aromatic N) is 2. The Hall–Kier alpha value is -2.15. The number of fused-ring (bicyclic) bond motifs is 1. The number of aliphatic hydroxyl groups is 1. The van der Waals surface area contributed by atoms with Crippen molar-refractivity contribution in [1.82, 2.24) is 9.80 Å². The average Bonchev–Trinajstić information content (AvgIpc) is 3.08. The largest absolute Gasteiger partial charge is 0.477 e. The molecule has 0 radical (unpaired) electrons. The molecule has 3 heterocycles. The number of carbonyl (C=O) groups is 3. The summed E-state index contributed by atoms with van der Waals surface area (Å²) < 4.78 is 0. The van der Waals surface area contributed by atoms with Gasteiger partial charge in [-0.15, -0.1) is 0 Å². The second-order valence-electron chi connectivity index (χ2n) is 7.15. The summed E-state index contributed by atoms with van der Waals surface area (Å²) in [5, 5.41) is 19.4. The molecule has 2 N–H and O–H groups in total. The van der Waals surface area contributed by atoms with E-state index in [0.29, 0.717) is 18.5 Å². The molecule has 25 heavy (non-hydrogen) atoms. The molecule has 7 heteroatoms. The van der Waals surface area contributed by atoms with Crippen molar-refractivity contribution >= 4 is 17.8 Å². The van der Waals surface area contributed by atoms with Crippen LogP contribution < -0.4 is 0 Å². The maximum absolute atomic E-state index is 12.2. The maximum atomic E-state index is 12.2. The first-order valence-electron chi connectivity index (χ1n) is 8.67. The summed E-state index contributed by atoms with van der Waals surface area (Å²) in [6.45, 7) is 5.65. The second-order valence-corrected chi connectivity index (χ2v) is 7.15. The first-order chi connectivity index (χ1) is 11.7. The Morgan fingerprint density at radius 1 is 1.32 bits per heavy atom. The third-order valence-electron chi connectivity index (χ3n) is 5.55. The number of likely N-dealkylation sites (tertiary alicyclic amines) is 1. The lowest BCUT2D eigenvalue weighted by atomic mass is 9.82. The van der Waals surface area contributed by atoms with Crippen molar-refractivity contribution in [1.29, 1.82) is 0 Å². The van der Waals surface area contributed by atoms with Gasteiger partial charge in [0.05, 0.1) is 24.1 Å². The van der Waals surface area contributed by atoms with Crippen molar-refractivity contribution in [3.63, 3.8) is 0 Å². The summed E-state index contributed by atoms with van der Waals surface area (Å²) in [4.78, 5) is 38.8. The molecule has 0 aromatic rings. The van der Waals surface area contributed by atoms with E-state index in [-0.39, 0.29) is 29.6 Å². The molecular formula is C18H24N2O5. The summed E-state index contributed by atoms with van der Waals surface area (Å²) in [7, 11) is 0. The first-order valence-corrected chi connectivity index (χ1v) is 8.67. The van der Waals surface area contributed by atoms with Gasteiger partial charge in [-0.3, -0.25) is 9.59 Å². The molecule has 3 aliphatic rings. The van der Waals surface area contributed by atoms with Crippen molar-refractivity contribution in [2.75, 3.05) is 6.54 Å². The highest BCUT2D eigenvalue weighted by atomic mass is 16.4. The molecule has 3 aliphatic heterocycles. The van der Waals surface area contributed by atoms with Crippen LogP contribution in [0.5, 0.6) is 0 Å². The minimum absolute atomic E-state index is 0.0126. The lowest BCUT2D eigenvalue weighted by molar-refractivity contribution is -0.161. The molecule has 0 aromatic carbocycles. The summed E-state index contributed by atoms with van der Waals surface area (Å²) in [6, 6.07) is -0.319. The van der Waals surface area contributed by atoms with Crippen LogP contribution in [0, 0.1) is 5.92 Å². The van der Waals surface area contributed by atoms with Crippen molar-refractivity contribution in [3.8, 4) is 0 Å². The van der Waals surface area contributed by atoms with Gasteiger partial charge in [-0.2, -0.15) is 0 Å². The molecule has 2 fully saturated rings. The van der Waals surface area contributed by atoms with Crippen LogP contribution in [-0.2, 0) is 14.4 Å². The highest BCUT2D eigenvalue weighted by molar-refractivity contribution is 6.00. The number of β-lactam (4-membered cyclic amide) rings is 1. The Morgan fingerprint density at radius 3 is 2.56 bits per heavy atom. The van der Waals surface area contributed by atoms with Crippen molar-refractivity contribution in [2.45, 2.75) is 58.2 Å². The number of carbonyl (C=O) groups excluding carboxylic acids is 2. The number of allylic oxidation sites excluding steroid dienone is 1. The predicted molar refractivity (Wildman–Crippen MR) is 89.2 cm³/mol. The van der Waals surface area contributed by atoms with Crippen LogP contribution in [0.1, 0.15) is 40.0 Å². The topological polar surface area (TPSA) is 98.2 Å². The van der Waals surface area contributed by atoms with E-state index in [9.17, 15) is 24.6 Å². The van der Waals surface area contributed by atoms with Gasteiger partial charge in [-0.25, -0.2) is 4.79 Å². The van der Waals surface area contributed by atoms with Crippen LogP contribution in [0.25, 0.3) is 0 Å². The van der Waals surface area contributed by atoms with Gasteiger partial charge in [0.1, 0.15) is 5.70 Å². The van der Waals surface area contributed by atoms with E-state index in [1.165, 1.54) is 11.8 Å². The van der Waals surface area contributed by atoms with E-state index < -0.39 is 18.0 Å². The Morgan fingerprint density at radius 2 is 2.00 bits per heavy atom. The molecule has 2 saturated heterocycles. The molecule has 4 atom stereocenters. The van der Waals surface area contributed by atoms with Crippen LogP contribution in [0.4, 0.5) is 0 Å². The Balaban J connectivity index is 1.90. The van der Waals surface area contributed by atoms with Crippen LogP contribution in [-0.4, -0.2) is 62.5 Å². The summed E-state index contributed by atoms with van der Waals surface area (Å²) in [6.07, 6.45) is 3.36. The molecule has 0 aliphatic carbocycles. The van der Waals surface area contributed by atoms with Gasteiger partial charge in [0.15, 0.2) is 0 Å². The number of aliphatic carboxylic acids is 1. The SMILES string of the molecule is CC(=O)N1CCC[C@H]1C=C(C)C1=C(C(=O)O)N2C(=O)[C@H]([C@@H](C)O)[C@H]2C1. The third kappa shape index (κ3) is 2.76. The van der Waals surface area contributed by atoms with Gasteiger partial charge in [0, 0.05) is 13.5 Å². The van der Waals surface area contributed by atoms with E-state index in [0.717, 1.165) is 18.4 Å². The fourth-order valence-corrected chi connectivity index (χ4v) is 4.37. The third-order valence-corrected chi connectivity index (χ3v) is 5.55. The van der Waals surface area contributed by atoms with E-state index in [4.69, 9.17) is 0 Å². The molecule has 0 saturated carbocycles. The van der Waals surface area contributed by atoms with E-state index in [1.54, 1.807) is 11.8 Å². The molecule has 7 nitrogen and oxygen atoms in total. The predicted octanol–water partition coefficient (Wildman–Crippen LogP) is 0.894. The summed E-state index contributed by atoms with van der Waals surface area (Å²) >= 11 is 0. The van der Waals surface area contributed by atoms with Gasteiger partial charge in [0.2, 0.25) is 11.8 Å². The fraction of sp³-hybridized carbons (Fsp3) is 0.611. The number of carboxylic acids is 1. The van der Waals surface area contributed by atoms with Crippen LogP contribution in [0.2, 0.25) is 0 Å². The minimum atomic E-state index is -1.13. The average molecular weight is 348 g/mol. The van der Waals surface area contributed by atoms with Crippen molar-refractivity contribution < 1.29 is 24.6 Å². The summed E-state index contributed by atoms with van der Waals surface area (Å²) in [5.41, 5.74) is 1.44. The number of aliphatic hydroxyl groups excluding tert-OH is 1. The highest BCUT2D eigenvalue weighted by Crippen LogP contribution is 2.45. The minimum Gasteiger partial charge on any atom is -0.477 e. The van der Waals surface area contributed by atoms with Crippen LogP contribution in [0.15, 0.2) is 22.9 Å². The summed E-state index contributed by atoms with van der Waals surface area (Å²) in [5.74, 6) is -1.98. The van der Waals surface area contributed by atoms with E-state index in [1.807, 2.05) is 13.0 Å². The number of amides is 2. The first kappa shape index (κ1) is 17.7. The highest BCUT2D eigenvalue weighted by Gasteiger charge is 2.56. The monoisotopic (exact) mass is 348 g/mol. The van der Waals surface area contributed by atoms with Gasteiger partial charge >= 0.3 is 5.97 Å². The lowest BCUT2D eigenvalue weighted by Crippen LogP contribution is -2.61. The normalized spacial score (nSPS) is 30.5. The van der Waals surface area contributed by atoms with Gasteiger partial charge in [-0.1, -0.05) is 6.08 Å². The van der Waals surface area contributed by atoms with Crippen LogP contribution in [0.3, 0.4) is 0 Å². The van der Waals surface area contributed by atoms with Gasteiger partial charge in [-0.05, 0) is 44.3 Å². The number of hydrogen-bond acceptors (Lipinski definition) is 4. The number of carboxylic acid groups (broad SMARTS) is 1.